The summed E-state index contributed by atoms with van der Waals surface area (Å²) in [5.41, 5.74) is 1.11. The standard InChI is InChI=1S/C18H15ClN2O3S/c1-2-24-12-8-7-11(15(22)10-12)9-16-17(23)21-18(25-16)20-14-6-4-3-5-13(14)19/h3-10,22H,2H2,1H3,(H,20,21,23)/b16-9+. The number of hydrogen-bond donors (Lipinski definition) is 2. The molecule has 1 amide bonds. The van der Waals surface area contributed by atoms with Gasteiger partial charge in [-0.2, -0.15) is 0 Å². The number of phenols is 1. The Hall–Kier alpha value is -2.44. The highest BCUT2D eigenvalue weighted by Gasteiger charge is 2.24. The first-order valence-corrected chi connectivity index (χ1v) is 8.76. The zero-order chi connectivity index (χ0) is 17.8. The fourth-order valence-electron chi connectivity index (χ4n) is 2.18. The van der Waals surface area contributed by atoms with Crippen LogP contribution >= 0.6 is 23.4 Å². The maximum Gasteiger partial charge on any atom is 0.264 e. The quantitative estimate of drug-likeness (QED) is 0.781. The van der Waals surface area contributed by atoms with Crippen LogP contribution in [0, 0.1) is 0 Å². The molecule has 1 saturated heterocycles. The van der Waals surface area contributed by atoms with E-state index in [-0.39, 0.29) is 11.7 Å². The van der Waals surface area contributed by atoms with E-state index in [1.54, 1.807) is 30.3 Å². The van der Waals surface area contributed by atoms with Crippen molar-refractivity contribution in [2.24, 2.45) is 4.99 Å². The summed E-state index contributed by atoms with van der Waals surface area (Å²) < 4.78 is 5.33. The monoisotopic (exact) mass is 374 g/mol. The van der Waals surface area contributed by atoms with Crippen molar-refractivity contribution in [2.45, 2.75) is 6.92 Å². The number of benzene rings is 2. The number of rotatable bonds is 4. The van der Waals surface area contributed by atoms with Crippen LogP contribution in [0.15, 0.2) is 52.4 Å². The SMILES string of the molecule is CCOc1ccc(/C=C2/SC(=Nc3ccccc3Cl)NC2=O)c(O)c1. The van der Waals surface area contributed by atoms with Gasteiger partial charge < -0.3 is 15.2 Å². The molecule has 3 rings (SSSR count). The molecule has 0 saturated carbocycles. The van der Waals surface area contributed by atoms with Crippen LogP contribution in [0.1, 0.15) is 12.5 Å². The molecule has 1 fully saturated rings. The zero-order valence-corrected chi connectivity index (χ0v) is 14.9. The summed E-state index contributed by atoms with van der Waals surface area (Å²) in [5.74, 6) is 0.346. The van der Waals surface area contributed by atoms with Crippen molar-refractivity contribution in [3.05, 3.63) is 58.0 Å². The lowest BCUT2D eigenvalue weighted by molar-refractivity contribution is -0.115. The fraction of sp³-hybridized carbons (Fsp3) is 0.111. The lowest BCUT2D eigenvalue weighted by Gasteiger charge is -2.05. The molecule has 2 aromatic carbocycles. The van der Waals surface area contributed by atoms with E-state index in [1.165, 1.54) is 17.8 Å². The number of para-hydroxylation sites is 1. The van der Waals surface area contributed by atoms with E-state index in [4.69, 9.17) is 16.3 Å². The third kappa shape index (κ3) is 4.15. The summed E-state index contributed by atoms with van der Waals surface area (Å²) in [6.07, 6.45) is 1.61. The first kappa shape index (κ1) is 17.4. The van der Waals surface area contributed by atoms with Gasteiger partial charge in [0, 0.05) is 11.6 Å². The van der Waals surface area contributed by atoms with E-state index in [9.17, 15) is 9.90 Å². The molecule has 0 bridgehead atoms. The lowest BCUT2D eigenvalue weighted by Crippen LogP contribution is -2.19. The Morgan fingerprint density at radius 2 is 2.12 bits per heavy atom. The summed E-state index contributed by atoms with van der Waals surface area (Å²) >= 11 is 7.27. The number of halogens is 1. The van der Waals surface area contributed by atoms with Crippen molar-refractivity contribution in [3.8, 4) is 11.5 Å². The number of phenolic OH excluding ortho intramolecular Hbond substituents is 1. The average molecular weight is 375 g/mol. The van der Waals surface area contributed by atoms with Crippen molar-refractivity contribution in [1.82, 2.24) is 5.32 Å². The van der Waals surface area contributed by atoms with Gasteiger partial charge in [0.25, 0.3) is 5.91 Å². The molecule has 1 heterocycles. The van der Waals surface area contributed by atoms with Crippen LogP contribution in [0.2, 0.25) is 5.02 Å². The molecule has 2 N–H and O–H groups in total. The van der Waals surface area contributed by atoms with Crippen molar-refractivity contribution >= 4 is 46.2 Å². The third-order valence-corrected chi connectivity index (χ3v) is 4.55. The van der Waals surface area contributed by atoms with Crippen LogP contribution in [0.3, 0.4) is 0 Å². The largest absolute Gasteiger partial charge is 0.507 e. The summed E-state index contributed by atoms with van der Waals surface area (Å²) in [5, 5.41) is 13.7. The second-order valence-corrected chi connectivity index (χ2v) is 6.52. The Kier molecular flexibility index (Phi) is 5.31. The van der Waals surface area contributed by atoms with E-state index < -0.39 is 0 Å². The summed E-state index contributed by atoms with van der Waals surface area (Å²) in [7, 11) is 0. The number of carbonyl (C=O) groups is 1. The number of aliphatic imine (C=N–C) groups is 1. The number of carbonyl (C=O) groups excluding carboxylic acids is 1. The molecule has 25 heavy (non-hydrogen) atoms. The smallest absolute Gasteiger partial charge is 0.264 e. The number of hydrogen-bond acceptors (Lipinski definition) is 5. The van der Waals surface area contributed by atoms with Crippen LogP contribution < -0.4 is 10.1 Å². The molecule has 2 aromatic rings. The second kappa shape index (κ2) is 7.63. The number of nitrogens with one attached hydrogen (secondary N) is 1. The molecular formula is C18H15ClN2O3S. The van der Waals surface area contributed by atoms with E-state index in [0.29, 0.717) is 38.7 Å². The minimum atomic E-state index is -0.274. The van der Waals surface area contributed by atoms with Crippen molar-refractivity contribution < 1.29 is 14.6 Å². The molecule has 1 aliphatic rings. The predicted octanol–water partition coefficient (Wildman–Crippen LogP) is 4.34. The molecule has 5 nitrogen and oxygen atoms in total. The average Bonchev–Trinajstić information content (AvgIpc) is 2.92. The first-order valence-electron chi connectivity index (χ1n) is 7.56. The predicted molar refractivity (Wildman–Crippen MR) is 102 cm³/mol. The Bertz CT molecular complexity index is 880. The zero-order valence-electron chi connectivity index (χ0n) is 13.3. The molecule has 0 spiro atoms. The number of amides is 1. The Labute approximate surface area is 154 Å². The van der Waals surface area contributed by atoms with Gasteiger partial charge in [-0.1, -0.05) is 23.7 Å². The minimum absolute atomic E-state index is 0.0448. The third-order valence-electron chi connectivity index (χ3n) is 3.32. The van der Waals surface area contributed by atoms with Crippen LogP contribution in [-0.4, -0.2) is 22.8 Å². The summed E-state index contributed by atoms with van der Waals surface area (Å²) in [6, 6.07) is 12.1. The second-order valence-electron chi connectivity index (χ2n) is 5.09. The molecule has 0 atom stereocenters. The van der Waals surface area contributed by atoms with E-state index in [2.05, 4.69) is 10.3 Å². The Morgan fingerprint density at radius 1 is 1.32 bits per heavy atom. The van der Waals surface area contributed by atoms with Crippen molar-refractivity contribution in [3.63, 3.8) is 0 Å². The van der Waals surface area contributed by atoms with Gasteiger partial charge in [0.05, 0.1) is 22.2 Å². The van der Waals surface area contributed by atoms with Crippen LogP contribution in [0.25, 0.3) is 6.08 Å². The topological polar surface area (TPSA) is 70.9 Å². The fourth-order valence-corrected chi connectivity index (χ4v) is 3.18. The highest BCUT2D eigenvalue weighted by molar-refractivity contribution is 8.18. The van der Waals surface area contributed by atoms with Crippen molar-refractivity contribution in [2.75, 3.05) is 6.61 Å². The van der Waals surface area contributed by atoms with E-state index >= 15 is 0 Å². The van der Waals surface area contributed by atoms with Crippen LogP contribution in [0.5, 0.6) is 11.5 Å². The van der Waals surface area contributed by atoms with Gasteiger partial charge in [-0.15, -0.1) is 0 Å². The number of aromatic hydroxyl groups is 1. The maximum absolute atomic E-state index is 12.1. The van der Waals surface area contributed by atoms with E-state index in [0.717, 1.165) is 0 Å². The van der Waals surface area contributed by atoms with Gasteiger partial charge >= 0.3 is 0 Å². The molecule has 0 aromatic heterocycles. The molecular weight excluding hydrogens is 360 g/mol. The molecule has 7 heteroatoms. The molecule has 128 valence electrons. The Balaban J connectivity index is 1.83. The number of thioether (sulfide) groups is 1. The Morgan fingerprint density at radius 3 is 2.84 bits per heavy atom. The molecule has 0 radical (unpaired) electrons. The van der Waals surface area contributed by atoms with Gasteiger partial charge in [0.1, 0.15) is 11.5 Å². The normalized spacial score (nSPS) is 17.1. The van der Waals surface area contributed by atoms with Gasteiger partial charge in [0.2, 0.25) is 0 Å². The van der Waals surface area contributed by atoms with Crippen LogP contribution in [-0.2, 0) is 4.79 Å². The van der Waals surface area contributed by atoms with Crippen molar-refractivity contribution in [1.29, 1.82) is 0 Å². The summed E-state index contributed by atoms with van der Waals surface area (Å²) in [6.45, 7) is 2.38. The minimum Gasteiger partial charge on any atom is -0.507 e. The number of ether oxygens (including phenoxy) is 1. The molecule has 0 aliphatic carbocycles. The molecule has 0 unspecified atom stereocenters. The van der Waals surface area contributed by atoms with E-state index in [1.807, 2.05) is 19.1 Å². The maximum atomic E-state index is 12.1. The highest BCUT2D eigenvalue weighted by Crippen LogP contribution is 2.33. The van der Waals surface area contributed by atoms with Gasteiger partial charge in [0.15, 0.2) is 5.17 Å². The van der Waals surface area contributed by atoms with Gasteiger partial charge in [-0.3, -0.25) is 4.79 Å². The first-order chi connectivity index (χ1) is 12.1. The number of nitrogens with zero attached hydrogens (tertiary/aromatic N) is 1. The highest BCUT2D eigenvalue weighted by atomic mass is 35.5. The van der Waals surface area contributed by atoms with Crippen LogP contribution in [0.4, 0.5) is 5.69 Å². The number of amidine groups is 1. The lowest BCUT2D eigenvalue weighted by atomic mass is 10.1. The van der Waals surface area contributed by atoms with Gasteiger partial charge in [-0.25, -0.2) is 4.99 Å². The molecule has 1 aliphatic heterocycles. The van der Waals surface area contributed by atoms with Gasteiger partial charge in [-0.05, 0) is 49.0 Å². The summed E-state index contributed by atoms with van der Waals surface area (Å²) in [4.78, 5) is 16.9.